The lowest BCUT2D eigenvalue weighted by molar-refractivity contribution is 0.102. The van der Waals surface area contributed by atoms with E-state index in [2.05, 4.69) is 17.2 Å². The first-order valence-electron chi connectivity index (χ1n) is 7.29. The highest BCUT2D eigenvalue weighted by Gasteiger charge is 2.10. The van der Waals surface area contributed by atoms with Gasteiger partial charge in [-0.3, -0.25) is 4.79 Å². The first-order valence-corrected chi connectivity index (χ1v) is 7.29. The van der Waals surface area contributed by atoms with Gasteiger partial charge in [0.05, 0.1) is 0 Å². The number of aryl methyl sites for hydroxylation is 2. The lowest BCUT2D eigenvalue weighted by Crippen LogP contribution is -2.14. The summed E-state index contributed by atoms with van der Waals surface area (Å²) >= 11 is 0. The zero-order valence-electron chi connectivity index (χ0n) is 12.5. The SMILES string of the molecule is CCCc1ccccc1NC(=O)c1cc(N)nc(CC)c1. The van der Waals surface area contributed by atoms with Crippen molar-refractivity contribution in [2.75, 3.05) is 11.1 Å². The molecule has 0 bridgehead atoms. The van der Waals surface area contributed by atoms with E-state index in [1.54, 1.807) is 12.1 Å². The molecule has 3 N–H and O–H groups in total. The standard InChI is InChI=1S/C17H21N3O/c1-3-7-12-8-5-6-9-15(12)20-17(21)13-10-14(4-2)19-16(18)11-13/h5-6,8-11H,3-4,7H2,1-2H3,(H2,18,19)(H,20,21). The maximum atomic E-state index is 12.4. The molecular weight excluding hydrogens is 262 g/mol. The van der Waals surface area contributed by atoms with Crippen molar-refractivity contribution in [2.45, 2.75) is 33.1 Å². The number of hydrogen-bond donors (Lipinski definition) is 2. The summed E-state index contributed by atoms with van der Waals surface area (Å²) in [6.07, 6.45) is 2.72. The van der Waals surface area contributed by atoms with Crippen LogP contribution in [-0.4, -0.2) is 10.9 Å². The number of nitrogens with one attached hydrogen (secondary N) is 1. The van der Waals surface area contributed by atoms with E-state index in [-0.39, 0.29) is 5.91 Å². The van der Waals surface area contributed by atoms with Crippen LogP contribution in [0.3, 0.4) is 0 Å². The van der Waals surface area contributed by atoms with Gasteiger partial charge in [0.2, 0.25) is 0 Å². The highest BCUT2D eigenvalue weighted by Crippen LogP contribution is 2.18. The number of nitrogens with zero attached hydrogens (tertiary/aromatic N) is 1. The summed E-state index contributed by atoms with van der Waals surface area (Å²) in [6.45, 7) is 4.11. The fraction of sp³-hybridized carbons (Fsp3) is 0.294. The molecule has 1 heterocycles. The predicted octanol–water partition coefficient (Wildman–Crippen LogP) is 3.43. The third kappa shape index (κ3) is 3.81. The number of aromatic nitrogens is 1. The van der Waals surface area contributed by atoms with Gasteiger partial charge >= 0.3 is 0 Å². The van der Waals surface area contributed by atoms with Crippen LogP contribution in [0.2, 0.25) is 0 Å². The van der Waals surface area contributed by atoms with Crippen LogP contribution >= 0.6 is 0 Å². The Hall–Kier alpha value is -2.36. The largest absolute Gasteiger partial charge is 0.384 e. The van der Waals surface area contributed by atoms with Crippen molar-refractivity contribution in [1.82, 2.24) is 4.98 Å². The minimum absolute atomic E-state index is 0.151. The van der Waals surface area contributed by atoms with Gasteiger partial charge in [-0.05, 0) is 36.6 Å². The summed E-state index contributed by atoms with van der Waals surface area (Å²) in [4.78, 5) is 16.6. The van der Waals surface area contributed by atoms with Gasteiger partial charge in [0.25, 0.3) is 5.91 Å². The summed E-state index contributed by atoms with van der Waals surface area (Å²) in [5.74, 6) is 0.226. The Balaban J connectivity index is 2.24. The number of nitrogens with two attached hydrogens (primary N) is 1. The van der Waals surface area contributed by atoms with Crippen molar-refractivity contribution in [1.29, 1.82) is 0 Å². The Morgan fingerprint density at radius 1 is 1.24 bits per heavy atom. The smallest absolute Gasteiger partial charge is 0.255 e. The van der Waals surface area contributed by atoms with Crippen molar-refractivity contribution < 1.29 is 4.79 Å². The van der Waals surface area contributed by atoms with Crippen molar-refractivity contribution >= 4 is 17.4 Å². The fourth-order valence-electron chi connectivity index (χ4n) is 2.25. The molecule has 0 aliphatic carbocycles. The van der Waals surface area contributed by atoms with Gasteiger partial charge in [-0.25, -0.2) is 4.98 Å². The van der Waals surface area contributed by atoms with E-state index in [0.717, 1.165) is 36.2 Å². The number of amides is 1. The maximum absolute atomic E-state index is 12.4. The zero-order valence-corrected chi connectivity index (χ0v) is 12.5. The fourth-order valence-corrected chi connectivity index (χ4v) is 2.25. The molecule has 4 heteroatoms. The highest BCUT2D eigenvalue weighted by atomic mass is 16.1. The second kappa shape index (κ2) is 6.88. The monoisotopic (exact) mass is 283 g/mol. The van der Waals surface area contributed by atoms with Crippen LogP contribution in [0.5, 0.6) is 0 Å². The van der Waals surface area contributed by atoms with E-state index < -0.39 is 0 Å². The zero-order chi connectivity index (χ0) is 15.2. The molecule has 1 amide bonds. The van der Waals surface area contributed by atoms with E-state index in [1.807, 2.05) is 31.2 Å². The molecule has 0 aliphatic heterocycles. The maximum Gasteiger partial charge on any atom is 0.255 e. The number of rotatable bonds is 5. The molecule has 110 valence electrons. The van der Waals surface area contributed by atoms with Crippen molar-refractivity contribution in [3.05, 3.63) is 53.2 Å². The third-order valence-corrected chi connectivity index (χ3v) is 3.31. The van der Waals surface area contributed by atoms with Crippen LogP contribution in [0.15, 0.2) is 36.4 Å². The van der Waals surface area contributed by atoms with Gasteiger partial charge in [0, 0.05) is 16.9 Å². The minimum Gasteiger partial charge on any atom is -0.384 e. The normalized spacial score (nSPS) is 10.4. The molecule has 0 fully saturated rings. The van der Waals surface area contributed by atoms with Crippen LogP contribution in [0, 0.1) is 0 Å². The number of pyridine rings is 1. The van der Waals surface area contributed by atoms with E-state index in [9.17, 15) is 4.79 Å². The Bertz CT molecular complexity index is 638. The number of hydrogen-bond acceptors (Lipinski definition) is 3. The van der Waals surface area contributed by atoms with Crippen LogP contribution < -0.4 is 11.1 Å². The van der Waals surface area contributed by atoms with E-state index >= 15 is 0 Å². The molecule has 1 aromatic carbocycles. The van der Waals surface area contributed by atoms with Gasteiger partial charge in [-0.15, -0.1) is 0 Å². The van der Waals surface area contributed by atoms with Crippen LogP contribution in [0.25, 0.3) is 0 Å². The van der Waals surface area contributed by atoms with E-state index in [1.165, 1.54) is 0 Å². The average Bonchev–Trinajstić information content (AvgIpc) is 2.48. The topological polar surface area (TPSA) is 68.0 Å². The second-order valence-corrected chi connectivity index (χ2v) is 4.99. The summed E-state index contributed by atoms with van der Waals surface area (Å²) in [6, 6.07) is 11.3. The van der Waals surface area contributed by atoms with Gasteiger partial charge < -0.3 is 11.1 Å². The molecule has 4 nitrogen and oxygen atoms in total. The molecule has 0 spiro atoms. The molecule has 2 aromatic rings. The van der Waals surface area contributed by atoms with Crippen molar-refractivity contribution in [3.8, 4) is 0 Å². The number of anilines is 2. The molecule has 21 heavy (non-hydrogen) atoms. The first kappa shape index (κ1) is 15.0. The number of para-hydroxylation sites is 1. The average molecular weight is 283 g/mol. The van der Waals surface area contributed by atoms with Crippen LogP contribution in [0.1, 0.15) is 41.9 Å². The first-order chi connectivity index (χ1) is 10.1. The molecular formula is C17H21N3O. The van der Waals surface area contributed by atoms with Gasteiger partial charge in [-0.1, -0.05) is 38.5 Å². The Labute approximate surface area is 125 Å². The molecule has 0 saturated carbocycles. The molecule has 0 unspecified atom stereocenters. The molecule has 0 saturated heterocycles. The summed E-state index contributed by atoms with van der Waals surface area (Å²) in [7, 11) is 0. The molecule has 0 atom stereocenters. The molecule has 1 aromatic heterocycles. The summed E-state index contributed by atoms with van der Waals surface area (Å²) < 4.78 is 0. The minimum atomic E-state index is -0.151. The summed E-state index contributed by atoms with van der Waals surface area (Å²) in [5, 5.41) is 2.97. The van der Waals surface area contributed by atoms with E-state index in [4.69, 9.17) is 5.73 Å². The Morgan fingerprint density at radius 2 is 2.00 bits per heavy atom. The van der Waals surface area contributed by atoms with Gasteiger partial charge in [-0.2, -0.15) is 0 Å². The number of carbonyl (C=O) groups is 1. The lowest BCUT2D eigenvalue weighted by Gasteiger charge is -2.11. The third-order valence-electron chi connectivity index (χ3n) is 3.31. The lowest BCUT2D eigenvalue weighted by atomic mass is 10.1. The molecule has 0 aliphatic rings. The van der Waals surface area contributed by atoms with Crippen LogP contribution in [0.4, 0.5) is 11.5 Å². The van der Waals surface area contributed by atoms with Gasteiger partial charge in [0.15, 0.2) is 0 Å². The second-order valence-electron chi connectivity index (χ2n) is 4.99. The molecule has 2 rings (SSSR count). The quantitative estimate of drug-likeness (QED) is 0.883. The van der Waals surface area contributed by atoms with Gasteiger partial charge in [0.1, 0.15) is 5.82 Å². The number of nitrogen functional groups attached to an aromatic ring is 1. The predicted molar refractivity (Wildman–Crippen MR) is 86.4 cm³/mol. The molecule has 0 radical (unpaired) electrons. The van der Waals surface area contributed by atoms with E-state index in [0.29, 0.717) is 11.4 Å². The number of benzene rings is 1. The Morgan fingerprint density at radius 3 is 2.71 bits per heavy atom. The Kier molecular flexibility index (Phi) is 4.93. The highest BCUT2D eigenvalue weighted by molar-refractivity contribution is 6.05. The van der Waals surface area contributed by atoms with Crippen molar-refractivity contribution in [2.24, 2.45) is 0 Å². The van der Waals surface area contributed by atoms with Crippen LogP contribution in [-0.2, 0) is 12.8 Å². The van der Waals surface area contributed by atoms with Crippen molar-refractivity contribution in [3.63, 3.8) is 0 Å². The number of carbonyl (C=O) groups excluding carboxylic acids is 1. The summed E-state index contributed by atoms with van der Waals surface area (Å²) in [5.41, 5.74) is 9.12.